The first kappa shape index (κ1) is 8.76. The van der Waals surface area contributed by atoms with Crippen molar-refractivity contribution in [3.05, 3.63) is 34.9 Å². The van der Waals surface area contributed by atoms with Crippen LogP contribution in [0.25, 0.3) is 0 Å². The molecule has 0 aromatic heterocycles. The van der Waals surface area contributed by atoms with E-state index in [0.717, 1.165) is 12.8 Å². The monoisotopic (exact) mass is 175 g/mol. The Morgan fingerprint density at radius 1 is 1.38 bits per heavy atom. The van der Waals surface area contributed by atoms with Gasteiger partial charge in [-0.3, -0.25) is 0 Å². The van der Waals surface area contributed by atoms with Crippen molar-refractivity contribution < 1.29 is 0 Å². The summed E-state index contributed by atoms with van der Waals surface area (Å²) >= 11 is 0. The quantitative estimate of drug-likeness (QED) is 0.643. The SMILES string of the molecule is Cc1ccc2c(c1)C(C)C(N)CC2. The maximum Gasteiger partial charge on any atom is 0.0108 e. The summed E-state index contributed by atoms with van der Waals surface area (Å²) in [4.78, 5) is 0. The number of fused-ring (bicyclic) bond motifs is 1. The molecule has 1 heteroatoms. The minimum atomic E-state index is 0.356. The van der Waals surface area contributed by atoms with Crippen molar-refractivity contribution in [2.75, 3.05) is 0 Å². The van der Waals surface area contributed by atoms with Gasteiger partial charge in [-0.15, -0.1) is 0 Å². The van der Waals surface area contributed by atoms with Gasteiger partial charge < -0.3 is 5.73 Å². The Hall–Kier alpha value is -0.820. The first-order valence-electron chi connectivity index (χ1n) is 5.03. The van der Waals surface area contributed by atoms with E-state index in [4.69, 9.17) is 5.73 Å². The van der Waals surface area contributed by atoms with E-state index < -0.39 is 0 Å². The minimum Gasteiger partial charge on any atom is -0.327 e. The Balaban J connectivity index is 2.45. The molecule has 1 aliphatic rings. The molecule has 0 aliphatic heterocycles. The largest absolute Gasteiger partial charge is 0.327 e. The highest BCUT2D eigenvalue weighted by molar-refractivity contribution is 5.36. The van der Waals surface area contributed by atoms with Crippen LogP contribution in [-0.4, -0.2) is 6.04 Å². The van der Waals surface area contributed by atoms with E-state index in [1.54, 1.807) is 0 Å². The second kappa shape index (κ2) is 3.15. The summed E-state index contributed by atoms with van der Waals surface area (Å²) in [5.41, 5.74) is 10.4. The highest BCUT2D eigenvalue weighted by Gasteiger charge is 2.22. The van der Waals surface area contributed by atoms with E-state index in [1.165, 1.54) is 16.7 Å². The summed E-state index contributed by atoms with van der Waals surface area (Å²) in [6, 6.07) is 7.10. The van der Waals surface area contributed by atoms with Crippen molar-refractivity contribution in [3.63, 3.8) is 0 Å². The third kappa shape index (κ3) is 1.49. The van der Waals surface area contributed by atoms with Crippen LogP contribution in [0.1, 0.15) is 36.0 Å². The van der Waals surface area contributed by atoms with Gasteiger partial charge in [0, 0.05) is 6.04 Å². The number of benzene rings is 1. The van der Waals surface area contributed by atoms with E-state index in [1.807, 2.05) is 0 Å². The van der Waals surface area contributed by atoms with Gasteiger partial charge in [0.2, 0.25) is 0 Å². The molecular weight excluding hydrogens is 158 g/mol. The van der Waals surface area contributed by atoms with Crippen LogP contribution in [0.2, 0.25) is 0 Å². The lowest BCUT2D eigenvalue weighted by atomic mass is 9.80. The molecule has 0 saturated heterocycles. The summed E-state index contributed by atoms with van der Waals surface area (Å²) < 4.78 is 0. The molecule has 2 rings (SSSR count). The minimum absolute atomic E-state index is 0.356. The zero-order chi connectivity index (χ0) is 9.42. The summed E-state index contributed by atoms with van der Waals surface area (Å²) in [6.45, 7) is 4.38. The van der Waals surface area contributed by atoms with Crippen LogP contribution >= 0.6 is 0 Å². The summed E-state index contributed by atoms with van der Waals surface area (Å²) in [5, 5.41) is 0. The first-order valence-corrected chi connectivity index (χ1v) is 5.03. The zero-order valence-electron chi connectivity index (χ0n) is 8.38. The lowest BCUT2D eigenvalue weighted by Crippen LogP contribution is -2.31. The van der Waals surface area contributed by atoms with Crippen molar-refractivity contribution in [2.45, 2.75) is 38.6 Å². The Kier molecular flexibility index (Phi) is 2.12. The molecule has 0 amide bonds. The van der Waals surface area contributed by atoms with Crippen LogP contribution in [0, 0.1) is 6.92 Å². The average molecular weight is 175 g/mol. The van der Waals surface area contributed by atoms with E-state index in [9.17, 15) is 0 Å². The molecule has 0 saturated carbocycles. The Bertz CT molecular complexity index is 317. The van der Waals surface area contributed by atoms with Gasteiger partial charge in [-0.2, -0.15) is 0 Å². The summed E-state index contributed by atoms with van der Waals surface area (Å²) in [5.74, 6) is 0.531. The fourth-order valence-corrected chi connectivity index (χ4v) is 2.17. The van der Waals surface area contributed by atoms with Gasteiger partial charge in [0.25, 0.3) is 0 Å². The number of hydrogen-bond donors (Lipinski definition) is 1. The summed E-state index contributed by atoms with van der Waals surface area (Å²) in [7, 11) is 0. The molecule has 13 heavy (non-hydrogen) atoms. The lowest BCUT2D eigenvalue weighted by molar-refractivity contribution is 0.497. The van der Waals surface area contributed by atoms with Gasteiger partial charge in [-0.1, -0.05) is 30.7 Å². The van der Waals surface area contributed by atoms with Crippen LogP contribution in [0.4, 0.5) is 0 Å². The fourth-order valence-electron chi connectivity index (χ4n) is 2.17. The van der Waals surface area contributed by atoms with Crippen molar-refractivity contribution in [1.29, 1.82) is 0 Å². The van der Waals surface area contributed by atoms with Gasteiger partial charge in [0.15, 0.2) is 0 Å². The molecule has 1 aliphatic carbocycles. The van der Waals surface area contributed by atoms with E-state index >= 15 is 0 Å². The van der Waals surface area contributed by atoms with Crippen LogP contribution in [0.3, 0.4) is 0 Å². The van der Waals surface area contributed by atoms with Gasteiger partial charge in [-0.05, 0) is 36.8 Å². The molecule has 0 heterocycles. The maximum atomic E-state index is 6.04. The van der Waals surface area contributed by atoms with Crippen LogP contribution < -0.4 is 5.73 Å². The normalized spacial score (nSPS) is 27.0. The second-order valence-corrected chi connectivity index (χ2v) is 4.19. The predicted octanol–water partition coefficient (Wildman–Crippen LogP) is 2.37. The molecule has 0 spiro atoms. The third-order valence-corrected chi connectivity index (χ3v) is 3.18. The number of aryl methyl sites for hydroxylation is 2. The van der Waals surface area contributed by atoms with E-state index in [0.29, 0.717) is 12.0 Å². The highest BCUT2D eigenvalue weighted by atomic mass is 14.7. The molecular formula is C12H17N. The van der Waals surface area contributed by atoms with Crippen molar-refractivity contribution in [2.24, 2.45) is 5.73 Å². The summed E-state index contributed by atoms with van der Waals surface area (Å²) in [6.07, 6.45) is 2.29. The molecule has 0 fully saturated rings. The topological polar surface area (TPSA) is 26.0 Å². The highest BCUT2D eigenvalue weighted by Crippen LogP contribution is 2.30. The number of nitrogens with two attached hydrogens (primary N) is 1. The van der Waals surface area contributed by atoms with Crippen molar-refractivity contribution >= 4 is 0 Å². The van der Waals surface area contributed by atoms with E-state index in [-0.39, 0.29) is 0 Å². The standard InChI is InChI=1S/C12H17N/c1-8-3-4-10-5-6-12(13)9(2)11(10)7-8/h3-4,7,9,12H,5-6,13H2,1-2H3. The Morgan fingerprint density at radius 3 is 2.92 bits per heavy atom. The van der Waals surface area contributed by atoms with Crippen LogP contribution in [0.5, 0.6) is 0 Å². The Labute approximate surface area is 80.0 Å². The molecule has 1 nitrogen and oxygen atoms in total. The number of rotatable bonds is 0. The van der Waals surface area contributed by atoms with Gasteiger partial charge >= 0.3 is 0 Å². The molecule has 70 valence electrons. The lowest BCUT2D eigenvalue weighted by Gasteiger charge is -2.28. The molecule has 1 aromatic rings. The first-order chi connectivity index (χ1) is 6.18. The van der Waals surface area contributed by atoms with Crippen LogP contribution in [-0.2, 0) is 6.42 Å². The molecule has 2 unspecified atom stereocenters. The Morgan fingerprint density at radius 2 is 2.15 bits per heavy atom. The smallest absolute Gasteiger partial charge is 0.0108 e. The van der Waals surface area contributed by atoms with Crippen molar-refractivity contribution in [3.8, 4) is 0 Å². The predicted molar refractivity (Wildman–Crippen MR) is 55.9 cm³/mol. The zero-order valence-corrected chi connectivity index (χ0v) is 8.38. The number of hydrogen-bond acceptors (Lipinski definition) is 1. The molecule has 1 aromatic carbocycles. The third-order valence-electron chi connectivity index (χ3n) is 3.18. The maximum absolute atomic E-state index is 6.04. The van der Waals surface area contributed by atoms with Crippen molar-refractivity contribution in [1.82, 2.24) is 0 Å². The molecule has 2 atom stereocenters. The van der Waals surface area contributed by atoms with Gasteiger partial charge in [0.05, 0.1) is 0 Å². The van der Waals surface area contributed by atoms with Crippen LogP contribution in [0.15, 0.2) is 18.2 Å². The van der Waals surface area contributed by atoms with E-state index in [2.05, 4.69) is 32.0 Å². The molecule has 2 N–H and O–H groups in total. The fraction of sp³-hybridized carbons (Fsp3) is 0.500. The van der Waals surface area contributed by atoms with Gasteiger partial charge in [0.1, 0.15) is 0 Å². The second-order valence-electron chi connectivity index (χ2n) is 4.19. The molecule has 0 radical (unpaired) electrons. The molecule has 0 bridgehead atoms. The van der Waals surface area contributed by atoms with Gasteiger partial charge in [-0.25, -0.2) is 0 Å². The average Bonchev–Trinajstić information content (AvgIpc) is 2.12.